The van der Waals surface area contributed by atoms with Crippen molar-refractivity contribution in [1.82, 2.24) is 9.13 Å². The van der Waals surface area contributed by atoms with Crippen molar-refractivity contribution < 1.29 is 0 Å². The van der Waals surface area contributed by atoms with Gasteiger partial charge in [0.15, 0.2) is 0 Å². The summed E-state index contributed by atoms with van der Waals surface area (Å²) in [6.07, 6.45) is 0. The minimum Gasteiger partial charge on any atom is -0.309 e. The molecule has 0 aliphatic carbocycles. The van der Waals surface area contributed by atoms with Gasteiger partial charge in [-0.2, -0.15) is 0 Å². The van der Waals surface area contributed by atoms with E-state index in [0.29, 0.717) is 0 Å². The molecule has 12 rings (SSSR count). The van der Waals surface area contributed by atoms with Gasteiger partial charge in [-0.25, -0.2) is 0 Å². The van der Waals surface area contributed by atoms with Crippen LogP contribution < -0.4 is 0 Å². The smallest absolute Gasteiger partial charge is 0.0548 e. The molecule has 0 spiro atoms. The van der Waals surface area contributed by atoms with Crippen LogP contribution in [0.15, 0.2) is 170 Å². The van der Waals surface area contributed by atoms with Crippen LogP contribution in [0.5, 0.6) is 0 Å². The number of rotatable bonds is 3. The number of benzene rings is 8. The summed E-state index contributed by atoms with van der Waals surface area (Å²) in [5.41, 5.74) is 9.64. The number of hydrogen-bond acceptors (Lipinski definition) is 2. The van der Waals surface area contributed by atoms with Crippen LogP contribution >= 0.6 is 22.7 Å². The lowest BCUT2D eigenvalue weighted by Crippen LogP contribution is -1.96. The highest BCUT2D eigenvalue weighted by atomic mass is 32.1. The molecule has 4 heteroatoms. The summed E-state index contributed by atoms with van der Waals surface area (Å²) in [5, 5.41) is 10.6. The molecule has 0 atom stereocenters. The molecule has 4 aromatic heterocycles. The van der Waals surface area contributed by atoms with E-state index in [4.69, 9.17) is 0 Å². The van der Waals surface area contributed by atoms with Gasteiger partial charge in [0.2, 0.25) is 0 Å². The summed E-state index contributed by atoms with van der Waals surface area (Å²) in [4.78, 5) is 0. The molecule has 0 saturated carbocycles. The average Bonchev–Trinajstić information content (AvgIpc) is 3.95. The van der Waals surface area contributed by atoms with Gasteiger partial charge in [-0.3, -0.25) is 0 Å². The van der Waals surface area contributed by atoms with E-state index in [1.165, 1.54) is 95.1 Å². The molecule has 0 aliphatic rings. The van der Waals surface area contributed by atoms with Crippen molar-refractivity contribution >= 4 is 107 Å². The number of hydrogen-bond donors (Lipinski definition) is 0. The van der Waals surface area contributed by atoms with Crippen molar-refractivity contribution in [2.24, 2.45) is 0 Å². The molecule has 242 valence electrons. The molecule has 0 saturated heterocycles. The monoisotopic (exact) mass is 696 g/mol. The molecule has 2 nitrogen and oxygen atoms in total. The molecule has 52 heavy (non-hydrogen) atoms. The van der Waals surface area contributed by atoms with E-state index in [0.717, 1.165) is 11.4 Å². The van der Waals surface area contributed by atoms with E-state index in [1.54, 1.807) is 0 Å². The average molecular weight is 697 g/mol. The maximum atomic E-state index is 2.45. The maximum Gasteiger partial charge on any atom is 0.0548 e. The highest BCUT2D eigenvalue weighted by Gasteiger charge is 2.20. The van der Waals surface area contributed by atoms with Crippen LogP contribution in [0.2, 0.25) is 0 Å². The quantitative estimate of drug-likeness (QED) is 0.174. The number of aromatic nitrogens is 2. The Hall–Kier alpha value is -6.20. The zero-order valence-electron chi connectivity index (χ0n) is 27.9. The van der Waals surface area contributed by atoms with Gasteiger partial charge in [0.25, 0.3) is 0 Å². The second-order valence-corrected chi connectivity index (χ2v) is 15.8. The molecular weight excluding hydrogens is 669 g/mol. The first kappa shape index (κ1) is 28.5. The van der Waals surface area contributed by atoms with E-state index < -0.39 is 0 Å². The third kappa shape index (κ3) is 3.88. The minimum atomic E-state index is 1.16. The van der Waals surface area contributed by atoms with Gasteiger partial charge in [0.1, 0.15) is 0 Å². The molecule has 4 heterocycles. The molecule has 0 aliphatic heterocycles. The van der Waals surface area contributed by atoms with Crippen LogP contribution in [0, 0.1) is 0 Å². The van der Waals surface area contributed by atoms with E-state index in [-0.39, 0.29) is 0 Å². The zero-order valence-corrected chi connectivity index (χ0v) is 29.5. The SMILES string of the molecule is c1cc(-c2cccc(-n3c4ccccc4c4c5c(ccc43)sc3ccccc35)c2)cc(-n2c3ccccc3c3c4c(ccc32)sc2ccccc24)c1. The fraction of sp³-hybridized carbons (Fsp3) is 0. The topological polar surface area (TPSA) is 9.86 Å². The zero-order chi connectivity index (χ0) is 33.9. The van der Waals surface area contributed by atoms with Crippen molar-refractivity contribution in [2.45, 2.75) is 0 Å². The Bertz CT molecular complexity index is 3190. The number of fused-ring (bicyclic) bond motifs is 14. The number of thiophene rings is 2. The van der Waals surface area contributed by atoms with Gasteiger partial charge in [0.05, 0.1) is 22.1 Å². The van der Waals surface area contributed by atoms with Crippen molar-refractivity contribution in [3.63, 3.8) is 0 Å². The molecule has 0 radical (unpaired) electrons. The van der Waals surface area contributed by atoms with Crippen LogP contribution in [0.3, 0.4) is 0 Å². The normalized spacial score (nSPS) is 12.2. The van der Waals surface area contributed by atoms with Gasteiger partial charge >= 0.3 is 0 Å². The summed E-state index contributed by atoms with van der Waals surface area (Å²) >= 11 is 3.76. The van der Waals surface area contributed by atoms with Gasteiger partial charge in [0, 0.05) is 73.3 Å². The van der Waals surface area contributed by atoms with E-state index >= 15 is 0 Å². The van der Waals surface area contributed by atoms with Crippen molar-refractivity contribution in [2.75, 3.05) is 0 Å². The molecular formula is C48H28N2S2. The van der Waals surface area contributed by atoms with Crippen LogP contribution in [-0.2, 0) is 0 Å². The molecule has 0 unspecified atom stereocenters. The van der Waals surface area contributed by atoms with Crippen LogP contribution in [0.25, 0.3) is 106 Å². The Kier molecular flexibility index (Phi) is 5.84. The first-order chi connectivity index (χ1) is 25.8. The fourth-order valence-electron chi connectivity index (χ4n) is 8.75. The molecule has 8 aromatic carbocycles. The first-order valence-corrected chi connectivity index (χ1v) is 19.3. The Labute approximate surface area is 306 Å². The molecule has 0 bridgehead atoms. The molecule has 12 aromatic rings. The van der Waals surface area contributed by atoms with Gasteiger partial charge in [-0.1, -0.05) is 97.1 Å². The van der Waals surface area contributed by atoms with Crippen LogP contribution in [-0.4, -0.2) is 9.13 Å². The summed E-state index contributed by atoms with van der Waals surface area (Å²) in [7, 11) is 0. The summed E-state index contributed by atoms with van der Waals surface area (Å²) in [6, 6.07) is 62.7. The summed E-state index contributed by atoms with van der Waals surface area (Å²) in [6.45, 7) is 0. The Morgan fingerprint density at radius 2 is 0.712 bits per heavy atom. The molecule has 0 N–H and O–H groups in total. The van der Waals surface area contributed by atoms with E-state index in [9.17, 15) is 0 Å². The summed E-state index contributed by atoms with van der Waals surface area (Å²) < 4.78 is 10.2. The van der Waals surface area contributed by atoms with Crippen molar-refractivity contribution in [3.8, 4) is 22.5 Å². The Balaban J connectivity index is 1.06. The minimum absolute atomic E-state index is 1.16. The summed E-state index contributed by atoms with van der Waals surface area (Å²) in [5.74, 6) is 0. The second kappa shape index (κ2) is 10.7. The van der Waals surface area contributed by atoms with Gasteiger partial charge < -0.3 is 9.13 Å². The van der Waals surface area contributed by atoms with Gasteiger partial charge in [-0.05, 0) is 83.9 Å². The number of nitrogens with zero attached hydrogens (tertiary/aromatic N) is 2. The predicted molar refractivity (Wildman–Crippen MR) is 226 cm³/mol. The Morgan fingerprint density at radius 3 is 1.19 bits per heavy atom. The van der Waals surface area contributed by atoms with Crippen LogP contribution in [0.1, 0.15) is 0 Å². The highest BCUT2D eigenvalue weighted by Crippen LogP contribution is 2.45. The third-order valence-electron chi connectivity index (χ3n) is 10.9. The maximum absolute atomic E-state index is 2.45. The van der Waals surface area contributed by atoms with Crippen LogP contribution in [0.4, 0.5) is 0 Å². The largest absolute Gasteiger partial charge is 0.309 e. The predicted octanol–water partition coefficient (Wildman–Crippen LogP) is 14.3. The standard InChI is InChI=1S/C48H28N2S2/c1-5-19-37-33(15-1)45-39(23-25-43-47(45)35-17-3-7-21-41(35)51-43)49(37)31-13-9-11-29(27-31)30-12-10-14-32(28-30)50-38-20-6-2-16-34(38)46-40(50)24-26-44-48(46)36-18-4-8-22-42(36)52-44/h1-28H. The Morgan fingerprint density at radius 1 is 0.288 bits per heavy atom. The van der Waals surface area contributed by atoms with E-state index in [1.807, 2.05) is 22.7 Å². The lowest BCUT2D eigenvalue weighted by Gasteiger charge is -2.13. The molecule has 0 fully saturated rings. The van der Waals surface area contributed by atoms with Gasteiger partial charge in [-0.15, -0.1) is 22.7 Å². The lowest BCUT2D eigenvalue weighted by molar-refractivity contribution is 1.18. The third-order valence-corrected chi connectivity index (χ3v) is 13.2. The number of para-hydroxylation sites is 2. The van der Waals surface area contributed by atoms with E-state index in [2.05, 4.69) is 179 Å². The fourth-order valence-corrected chi connectivity index (χ4v) is 11.0. The van der Waals surface area contributed by atoms with Crippen molar-refractivity contribution in [1.29, 1.82) is 0 Å². The highest BCUT2D eigenvalue weighted by molar-refractivity contribution is 7.26. The molecule has 0 amide bonds. The lowest BCUT2D eigenvalue weighted by atomic mass is 10.0. The van der Waals surface area contributed by atoms with Crippen molar-refractivity contribution in [3.05, 3.63) is 170 Å². The first-order valence-electron chi connectivity index (χ1n) is 17.7. The second-order valence-electron chi connectivity index (χ2n) is 13.7.